The summed E-state index contributed by atoms with van der Waals surface area (Å²) in [5.41, 5.74) is 0.512. The van der Waals surface area contributed by atoms with Crippen molar-refractivity contribution < 1.29 is 52.4 Å². The van der Waals surface area contributed by atoms with E-state index in [1.807, 2.05) is 60.7 Å². The number of hydrogen-bond acceptors (Lipinski definition) is 11. The number of aromatic hydroxyl groups is 1. The normalized spacial score (nSPS) is 18.8. The maximum Gasteiger partial charge on any atom is 0.340 e. The summed E-state index contributed by atoms with van der Waals surface area (Å²) in [7, 11) is -3.32. The van der Waals surface area contributed by atoms with Crippen molar-refractivity contribution in [2.24, 2.45) is 0 Å². The number of phenols is 1. The summed E-state index contributed by atoms with van der Waals surface area (Å²) in [4.78, 5) is 56.1. The molecule has 1 saturated heterocycles. The molecule has 0 bridgehead atoms. The molecule has 0 aliphatic carbocycles. The van der Waals surface area contributed by atoms with E-state index in [0.717, 1.165) is 10.4 Å². The lowest BCUT2D eigenvalue weighted by Crippen LogP contribution is -2.69. The van der Waals surface area contributed by atoms with Crippen molar-refractivity contribution in [3.05, 3.63) is 198 Å². The van der Waals surface area contributed by atoms with E-state index in [9.17, 15) is 24.3 Å². The second kappa shape index (κ2) is 19.2. The summed E-state index contributed by atoms with van der Waals surface area (Å²) in [6, 6.07) is 49.5. The maximum atomic E-state index is 14.1. The number of esters is 4. The van der Waals surface area contributed by atoms with Gasteiger partial charge in [0.15, 0.2) is 12.2 Å². The van der Waals surface area contributed by atoms with Crippen LogP contribution < -0.4 is 10.4 Å². The van der Waals surface area contributed by atoms with Gasteiger partial charge in [0, 0.05) is 0 Å². The van der Waals surface area contributed by atoms with Gasteiger partial charge in [-0.05, 0) is 76.1 Å². The Morgan fingerprint density at radius 2 is 0.839 bits per heavy atom. The molecule has 5 atom stereocenters. The zero-order valence-corrected chi connectivity index (χ0v) is 35.4. The highest BCUT2D eigenvalue weighted by Crippen LogP contribution is 2.39. The topological polar surface area (TPSA) is 144 Å². The highest BCUT2D eigenvalue weighted by Gasteiger charge is 2.56. The van der Waals surface area contributed by atoms with E-state index in [4.69, 9.17) is 28.1 Å². The number of hydrogen-bond donors (Lipinski definition) is 1. The largest absolute Gasteiger partial charge is 0.508 e. The van der Waals surface area contributed by atoms with Gasteiger partial charge in [0.25, 0.3) is 8.32 Å². The standard InChI is InChI=1S/C50H46O11Si/c1-50(2,3)62(39-25-15-7-16-26-39,40-27-17-8-18-28-40)56-33-41-42(58-45(52)34-19-9-4-10-20-34)43(59-46(53)35-21-11-5-12-22-35)44(60-47(54)36-23-13-6-14-24-36)49(57-41)61-48(55)37-29-31-38(51)32-30-37/h4-32,41-44,49,51H,33H2,1-3H3/t41-,42-,43+,44-,49+/m1/s1. The minimum Gasteiger partial charge on any atom is -0.508 e. The van der Waals surface area contributed by atoms with Crippen LogP contribution in [0.3, 0.4) is 0 Å². The molecule has 0 aromatic heterocycles. The Hall–Kier alpha value is -6.86. The fourth-order valence-electron chi connectivity index (χ4n) is 7.55. The minimum atomic E-state index is -3.32. The van der Waals surface area contributed by atoms with Crippen LogP contribution in [0.5, 0.6) is 5.75 Å². The van der Waals surface area contributed by atoms with Crippen LogP contribution in [0.2, 0.25) is 5.04 Å². The molecule has 11 nitrogen and oxygen atoms in total. The zero-order chi connectivity index (χ0) is 43.7. The molecule has 12 heteroatoms. The third kappa shape index (κ3) is 9.68. The Morgan fingerprint density at radius 3 is 1.26 bits per heavy atom. The van der Waals surface area contributed by atoms with Crippen molar-refractivity contribution >= 4 is 42.6 Å². The first kappa shape index (κ1) is 43.2. The van der Waals surface area contributed by atoms with Gasteiger partial charge in [-0.25, -0.2) is 19.2 Å². The third-order valence-corrected chi connectivity index (χ3v) is 15.6. The Balaban J connectivity index is 1.37. The molecule has 6 aromatic carbocycles. The van der Waals surface area contributed by atoms with Gasteiger partial charge in [0.05, 0.1) is 28.9 Å². The van der Waals surface area contributed by atoms with Gasteiger partial charge in [-0.2, -0.15) is 0 Å². The summed E-state index contributed by atoms with van der Waals surface area (Å²) in [5, 5.41) is 11.3. The molecule has 1 fully saturated rings. The third-order valence-electron chi connectivity index (χ3n) is 10.6. The zero-order valence-electron chi connectivity index (χ0n) is 34.4. The average Bonchev–Trinajstić information content (AvgIpc) is 3.29. The first-order valence-corrected chi connectivity index (χ1v) is 22.0. The first-order chi connectivity index (χ1) is 29.9. The van der Waals surface area contributed by atoms with Crippen LogP contribution in [0.25, 0.3) is 0 Å². The van der Waals surface area contributed by atoms with E-state index in [1.165, 1.54) is 36.4 Å². The quantitative estimate of drug-likeness (QED) is 0.0700. The Kier molecular flexibility index (Phi) is 13.4. The van der Waals surface area contributed by atoms with E-state index >= 15 is 0 Å². The summed E-state index contributed by atoms with van der Waals surface area (Å²) in [5.74, 6) is -3.48. The molecular formula is C50H46O11Si. The van der Waals surface area contributed by atoms with Gasteiger partial charge in [0.2, 0.25) is 12.4 Å². The highest BCUT2D eigenvalue weighted by molar-refractivity contribution is 6.99. The number of ether oxygens (including phenoxy) is 5. The molecule has 0 spiro atoms. The fourth-order valence-corrected chi connectivity index (χ4v) is 12.1. The number of carbonyl (C=O) groups excluding carboxylic acids is 4. The van der Waals surface area contributed by atoms with Crippen molar-refractivity contribution in [1.82, 2.24) is 0 Å². The molecule has 0 unspecified atom stereocenters. The molecule has 0 radical (unpaired) electrons. The lowest BCUT2D eigenvalue weighted by atomic mass is 9.97. The van der Waals surface area contributed by atoms with E-state index in [1.54, 1.807) is 78.9 Å². The average molecular weight is 851 g/mol. The summed E-state index contributed by atoms with van der Waals surface area (Å²) in [6.07, 6.45) is -7.90. The molecule has 316 valence electrons. The lowest BCUT2D eigenvalue weighted by molar-refractivity contribution is -0.282. The molecule has 0 amide bonds. The van der Waals surface area contributed by atoms with Crippen molar-refractivity contribution in [3.63, 3.8) is 0 Å². The predicted octanol–water partition coefficient (Wildman–Crippen LogP) is 7.53. The van der Waals surface area contributed by atoms with Gasteiger partial charge in [0.1, 0.15) is 11.9 Å². The number of benzene rings is 6. The van der Waals surface area contributed by atoms with E-state index in [0.29, 0.717) is 0 Å². The molecule has 7 rings (SSSR count). The predicted molar refractivity (Wildman–Crippen MR) is 233 cm³/mol. The second-order valence-electron chi connectivity index (χ2n) is 15.7. The van der Waals surface area contributed by atoms with Crippen molar-refractivity contribution in [1.29, 1.82) is 0 Å². The van der Waals surface area contributed by atoms with E-state index in [2.05, 4.69) is 20.8 Å². The van der Waals surface area contributed by atoms with Crippen LogP contribution in [0.1, 0.15) is 62.2 Å². The smallest absolute Gasteiger partial charge is 0.340 e. The molecule has 62 heavy (non-hydrogen) atoms. The van der Waals surface area contributed by atoms with Gasteiger partial charge in [-0.3, -0.25) is 0 Å². The molecule has 1 aliphatic rings. The van der Waals surface area contributed by atoms with Crippen molar-refractivity contribution in [2.75, 3.05) is 6.61 Å². The van der Waals surface area contributed by atoms with Crippen LogP contribution >= 0.6 is 0 Å². The van der Waals surface area contributed by atoms with Crippen LogP contribution in [0, 0.1) is 0 Å². The maximum absolute atomic E-state index is 14.1. The van der Waals surface area contributed by atoms with Crippen molar-refractivity contribution in [2.45, 2.75) is 56.5 Å². The van der Waals surface area contributed by atoms with Gasteiger partial charge in [-0.15, -0.1) is 0 Å². The second-order valence-corrected chi connectivity index (χ2v) is 20.0. The number of rotatable bonds is 13. The summed E-state index contributed by atoms with van der Waals surface area (Å²) >= 11 is 0. The SMILES string of the molecule is CC(C)(C)[Si](OC[C@H]1O[C@@H](OC(=O)c2ccc(O)cc2)[C@H](OC(=O)c2ccccc2)[C@@H](OC(=O)c2ccccc2)[C@@H]1OC(=O)c1ccccc1)(c1ccccc1)c1ccccc1. The fraction of sp³-hybridized carbons (Fsp3) is 0.200. The number of phenolic OH excluding ortho intramolecular Hbond substituents is 1. The number of carbonyl (C=O) groups is 4. The van der Waals surface area contributed by atoms with Crippen LogP contribution in [0.15, 0.2) is 176 Å². The van der Waals surface area contributed by atoms with Gasteiger partial charge < -0.3 is 33.2 Å². The Morgan fingerprint density at radius 1 is 0.484 bits per heavy atom. The summed E-state index contributed by atoms with van der Waals surface area (Å²) < 4.78 is 38.7. The molecular weight excluding hydrogens is 805 g/mol. The Bertz CT molecular complexity index is 2390. The molecule has 1 N–H and O–H groups in total. The minimum absolute atomic E-state index is 0.0371. The molecule has 1 aliphatic heterocycles. The first-order valence-electron chi connectivity index (χ1n) is 20.1. The van der Waals surface area contributed by atoms with Crippen LogP contribution in [0.4, 0.5) is 0 Å². The molecule has 1 heterocycles. The van der Waals surface area contributed by atoms with Gasteiger partial charge in [-0.1, -0.05) is 136 Å². The highest BCUT2D eigenvalue weighted by atomic mass is 28.4. The lowest BCUT2D eigenvalue weighted by Gasteiger charge is -2.47. The monoisotopic (exact) mass is 850 g/mol. The molecule has 6 aromatic rings. The van der Waals surface area contributed by atoms with E-state index in [-0.39, 0.29) is 34.6 Å². The van der Waals surface area contributed by atoms with Crippen LogP contribution in [-0.4, -0.2) is 74.6 Å². The molecule has 0 saturated carbocycles. The van der Waals surface area contributed by atoms with Gasteiger partial charge >= 0.3 is 23.9 Å². The summed E-state index contributed by atoms with van der Waals surface area (Å²) in [6.45, 7) is 6.02. The Labute approximate surface area is 360 Å². The van der Waals surface area contributed by atoms with Crippen LogP contribution in [-0.2, 0) is 28.1 Å². The van der Waals surface area contributed by atoms with E-state index < -0.39 is 67.9 Å². The van der Waals surface area contributed by atoms with Crippen molar-refractivity contribution in [3.8, 4) is 5.75 Å².